The number of hydrogen-bond donors (Lipinski definition) is 1. The number of hydrogen-bond acceptors (Lipinski definition) is 4. The van der Waals surface area contributed by atoms with E-state index in [9.17, 15) is 4.79 Å². The maximum atomic E-state index is 12.3. The Kier molecular flexibility index (Phi) is 4.76. The summed E-state index contributed by atoms with van der Waals surface area (Å²) in [6.07, 6.45) is 4.28. The molecule has 2 aromatic rings. The number of aryl methyl sites for hydroxylation is 1. The van der Waals surface area contributed by atoms with Gasteiger partial charge >= 0.3 is 0 Å². The van der Waals surface area contributed by atoms with Crippen LogP contribution in [0.15, 0.2) is 46.3 Å². The molecule has 2 heterocycles. The average Bonchev–Trinajstić information content (AvgIpc) is 3.17. The van der Waals surface area contributed by atoms with Crippen LogP contribution in [0.5, 0.6) is 0 Å². The lowest BCUT2D eigenvalue weighted by Gasteiger charge is -2.07. The van der Waals surface area contributed by atoms with Gasteiger partial charge in [-0.15, -0.1) is 0 Å². The number of carbonyl (C=O) groups excluding carboxylic acids is 1. The minimum absolute atomic E-state index is 0.213. The number of halogens is 1. The van der Waals surface area contributed by atoms with Crippen molar-refractivity contribution in [2.45, 2.75) is 32.4 Å². The van der Waals surface area contributed by atoms with Crippen LogP contribution in [0.2, 0.25) is 0 Å². The summed E-state index contributed by atoms with van der Waals surface area (Å²) in [6.45, 7) is 2.90. The van der Waals surface area contributed by atoms with Gasteiger partial charge in [0.2, 0.25) is 6.10 Å². The highest BCUT2D eigenvalue weighted by atomic mass is 79.9. The topological polar surface area (TPSA) is 68.5 Å². The molecule has 7 heteroatoms. The second-order valence-electron chi connectivity index (χ2n) is 5.33. The van der Waals surface area contributed by atoms with Gasteiger partial charge in [0.05, 0.1) is 17.6 Å². The molecule has 0 saturated carbocycles. The zero-order chi connectivity index (χ0) is 16.2. The zero-order valence-corrected chi connectivity index (χ0v) is 14.3. The molecule has 6 nitrogen and oxygen atoms in total. The summed E-state index contributed by atoms with van der Waals surface area (Å²) in [5.74, 6) is -0.213. The number of anilines is 1. The number of nitrogens with one attached hydrogen (secondary N) is 1. The molecule has 0 spiro atoms. The molecule has 1 atom stereocenters. The first-order valence-electron chi connectivity index (χ1n) is 7.47. The SMILES string of the molecule is CCCn1cc(NC(=O)[C@@H]2CC(c3cccc(Br)c3)=NO2)cn1. The fraction of sp³-hybridized carbons (Fsp3) is 0.312. The molecule has 1 aromatic heterocycles. The standard InChI is InChI=1S/C16H17BrN4O2/c1-2-6-21-10-13(9-18-21)19-16(22)15-8-14(20-23-15)11-4-3-5-12(17)7-11/h3-5,7,9-10,15H,2,6,8H2,1H3,(H,19,22)/t15-/m0/s1. The minimum Gasteiger partial charge on any atom is -0.382 e. The van der Waals surface area contributed by atoms with E-state index in [2.05, 4.69) is 38.4 Å². The third-order valence-electron chi connectivity index (χ3n) is 3.47. The molecule has 1 amide bonds. The van der Waals surface area contributed by atoms with E-state index in [4.69, 9.17) is 4.84 Å². The predicted octanol–water partition coefficient (Wildman–Crippen LogP) is 3.19. The summed E-state index contributed by atoms with van der Waals surface area (Å²) in [6, 6.07) is 7.77. The number of rotatable bonds is 5. The van der Waals surface area contributed by atoms with E-state index in [1.165, 1.54) is 0 Å². The summed E-state index contributed by atoms with van der Waals surface area (Å²) >= 11 is 3.43. The van der Waals surface area contributed by atoms with Crippen molar-refractivity contribution in [3.05, 3.63) is 46.7 Å². The van der Waals surface area contributed by atoms with Gasteiger partial charge in [0.25, 0.3) is 5.91 Å². The van der Waals surface area contributed by atoms with Gasteiger partial charge < -0.3 is 10.2 Å². The van der Waals surface area contributed by atoms with Gasteiger partial charge in [0.1, 0.15) is 0 Å². The summed E-state index contributed by atoms with van der Waals surface area (Å²) in [5.41, 5.74) is 2.39. The number of aromatic nitrogens is 2. The highest BCUT2D eigenvalue weighted by molar-refractivity contribution is 9.10. The first-order chi connectivity index (χ1) is 11.2. The Labute approximate surface area is 142 Å². The summed E-state index contributed by atoms with van der Waals surface area (Å²) in [7, 11) is 0. The molecule has 120 valence electrons. The van der Waals surface area contributed by atoms with Crippen LogP contribution in [0.25, 0.3) is 0 Å². The van der Waals surface area contributed by atoms with Crippen molar-refractivity contribution in [2.75, 3.05) is 5.32 Å². The van der Waals surface area contributed by atoms with Crippen molar-refractivity contribution in [1.29, 1.82) is 0 Å². The van der Waals surface area contributed by atoms with Gasteiger partial charge in [-0.25, -0.2) is 0 Å². The Morgan fingerprint density at radius 2 is 2.39 bits per heavy atom. The summed E-state index contributed by atoms with van der Waals surface area (Å²) in [5, 5.41) is 11.0. The number of benzene rings is 1. The van der Waals surface area contributed by atoms with E-state index in [1.807, 2.05) is 30.5 Å². The Morgan fingerprint density at radius 1 is 1.52 bits per heavy atom. The molecule has 1 aliphatic rings. The van der Waals surface area contributed by atoms with Crippen molar-refractivity contribution in [3.63, 3.8) is 0 Å². The molecule has 0 radical (unpaired) electrons. The van der Waals surface area contributed by atoms with Crippen LogP contribution in [0.4, 0.5) is 5.69 Å². The van der Waals surface area contributed by atoms with Crippen LogP contribution >= 0.6 is 15.9 Å². The average molecular weight is 377 g/mol. The molecule has 0 aliphatic carbocycles. The highest BCUT2D eigenvalue weighted by Crippen LogP contribution is 2.20. The molecule has 3 rings (SSSR count). The van der Waals surface area contributed by atoms with Crippen molar-refractivity contribution >= 4 is 33.2 Å². The normalized spacial score (nSPS) is 16.8. The van der Waals surface area contributed by atoms with Gasteiger partial charge in [0, 0.05) is 29.2 Å². The first-order valence-corrected chi connectivity index (χ1v) is 8.27. The largest absolute Gasteiger partial charge is 0.382 e. The van der Waals surface area contributed by atoms with E-state index >= 15 is 0 Å². The second-order valence-corrected chi connectivity index (χ2v) is 6.24. The van der Waals surface area contributed by atoms with Gasteiger partial charge in [-0.05, 0) is 18.6 Å². The number of carbonyl (C=O) groups is 1. The van der Waals surface area contributed by atoms with Crippen LogP contribution in [0.1, 0.15) is 25.3 Å². The van der Waals surface area contributed by atoms with Crippen LogP contribution in [0, 0.1) is 0 Å². The maximum Gasteiger partial charge on any atom is 0.268 e. The summed E-state index contributed by atoms with van der Waals surface area (Å²) in [4.78, 5) is 17.6. The lowest BCUT2D eigenvalue weighted by molar-refractivity contribution is -0.125. The third-order valence-corrected chi connectivity index (χ3v) is 3.97. The fourth-order valence-electron chi connectivity index (χ4n) is 2.36. The lowest BCUT2D eigenvalue weighted by Crippen LogP contribution is -2.27. The number of nitrogens with zero attached hydrogens (tertiary/aromatic N) is 3. The molecule has 1 N–H and O–H groups in total. The lowest BCUT2D eigenvalue weighted by atomic mass is 10.0. The van der Waals surface area contributed by atoms with E-state index in [1.54, 1.807) is 10.9 Å². The van der Waals surface area contributed by atoms with Crippen LogP contribution < -0.4 is 5.32 Å². The summed E-state index contributed by atoms with van der Waals surface area (Å²) < 4.78 is 2.77. The van der Waals surface area contributed by atoms with Gasteiger partial charge in [-0.1, -0.05) is 40.1 Å². The molecule has 0 saturated heterocycles. The van der Waals surface area contributed by atoms with E-state index < -0.39 is 6.10 Å². The van der Waals surface area contributed by atoms with Crippen LogP contribution in [-0.2, 0) is 16.2 Å². The molecule has 0 fully saturated rings. The monoisotopic (exact) mass is 376 g/mol. The quantitative estimate of drug-likeness (QED) is 0.870. The maximum absolute atomic E-state index is 12.3. The van der Waals surface area contributed by atoms with Crippen molar-refractivity contribution < 1.29 is 9.63 Å². The number of oxime groups is 1. The van der Waals surface area contributed by atoms with Crippen LogP contribution in [-0.4, -0.2) is 27.5 Å². The molecule has 23 heavy (non-hydrogen) atoms. The zero-order valence-electron chi connectivity index (χ0n) is 12.7. The van der Waals surface area contributed by atoms with Gasteiger partial charge in [0.15, 0.2) is 0 Å². The Balaban J connectivity index is 1.60. The molecular formula is C16H17BrN4O2. The van der Waals surface area contributed by atoms with Crippen LogP contribution in [0.3, 0.4) is 0 Å². The Bertz CT molecular complexity index is 741. The molecule has 1 aliphatic heterocycles. The number of amides is 1. The fourth-order valence-corrected chi connectivity index (χ4v) is 2.76. The van der Waals surface area contributed by atoms with Gasteiger partial charge in [-0.2, -0.15) is 5.10 Å². The Morgan fingerprint density at radius 3 is 3.17 bits per heavy atom. The van der Waals surface area contributed by atoms with Crippen molar-refractivity contribution in [3.8, 4) is 0 Å². The molecular weight excluding hydrogens is 360 g/mol. The van der Waals surface area contributed by atoms with E-state index in [-0.39, 0.29) is 5.91 Å². The second kappa shape index (κ2) is 6.95. The first kappa shape index (κ1) is 15.7. The predicted molar refractivity (Wildman–Crippen MR) is 91.3 cm³/mol. The smallest absolute Gasteiger partial charge is 0.268 e. The van der Waals surface area contributed by atoms with Gasteiger partial charge in [-0.3, -0.25) is 9.48 Å². The van der Waals surface area contributed by atoms with E-state index in [0.29, 0.717) is 12.1 Å². The minimum atomic E-state index is -0.612. The third kappa shape index (κ3) is 3.79. The van der Waals surface area contributed by atoms with E-state index in [0.717, 1.165) is 28.7 Å². The Hall–Kier alpha value is -2.15. The highest BCUT2D eigenvalue weighted by Gasteiger charge is 2.29. The molecule has 0 bridgehead atoms. The molecule has 1 aromatic carbocycles. The van der Waals surface area contributed by atoms with Crippen molar-refractivity contribution in [1.82, 2.24) is 9.78 Å². The van der Waals surface area contributed by atoms with Crippen molar-refractivity contribution in [2.24, 2.45) is 5.16 Å². The molecule has 0 unspecified atom stereocenters.